The molecular weight excluding hydrogens is 580 g/mol. The number of halogens is 4. The number of carbonyl (C=O) groups excluding carboxylic acids is 2. The van der Waals surface area contributed by atoms with E-state index >= 15 is 4.39 Å². The van der Waals surface area contributed by atoms with Crippen LogP contribution in [-0.4, -0.2) is 61.3 Å². The number of hydrogen-bond donors (Lipinski definition) is 0. The van der Waals surface area contributed by atoms with E-state index < -0.39 is 43.9 Å². The molecular formula is C29H34F4N2O6S. The Kier molecular flexibility index (Phi) is 8.94. The Morgan fingerprint density at radius 3 is 2.24 bits per heavy atom. The second-order valence-electron chi connectivity index (χ2n) is 11.9. The molecule has 0 N–H and O–H groups in total. The number of alkyl halides is 3. The van der Waals surface area contributed by atoms with Crippen molar-refractivity contribution in [3.05, 3.63) is 64.5 Å². The Hall–Kier alpha value is -3.19. The number of likely N-dealkylation sites (tertiary alicyclic amines) is 1. The van der Waals surface area contributed by atoms with E-state index in [4.69, 9.17) is 4.74 Å². The molecule has 230 valence electrons. The molecule has 0 radical (unpaired) electrons. The predicted octanol–water partition coefficient (Wildman–Crippen LogP) is 5.47. The molecule has 2 aliphatic rings. The van der Waals surface area contributed by atoms with E-state index in [-0.39, 0.29) is 23.2 Å². The van der Waals surface area contributed by atoms with Crippen LogP contribution in [0.4, 0.5) is 17.6 Å². The van der Waals surface area contributed by atoms with Crippen LogP contribution in [0.25, 0.3) is 0 Å². The van der Waals surface area contributed by atoms with E-state index in [1.54, 1.807) is 0 Å². The Morgan fingerprint density at radius 1 is 1.05 bits per heavy atom. The number of carbonyl (C=O) groups is 2. The van der Waals surface area contributed by atoms with E-state index in [2.05, 4.69) is 54.8 Å². The average molecular weight is 615 g/mol. The molecule has 1 aliphatic carbocycles. The molecule has 0 aromatic heterocycles. The van der Waals surface area contributed by atoms with Crippen LogP contribution in [0.2, 0.25) is 0 Å². The van der Waals surface area contributed by atoms with Crippen molar-refractivity contribution in [3.63, 3.8) is 0 Å². The smallest absolute Gasteiger partial charge is 0.489 e. The number of ether oxygens (including phenoxy) is 1. The SMILES string of the molecule is CC(C)(C)c1ccc(CN2CCC[C@@H](Oc3cc(F)c(C(=O)N(OC(=O)C(F)(F)F)S(C)(=O)=O)cc3C3CC3)C2)cc1. The number of hydroxylamine groups is 1. The normalized spacial score (nSPS) is 18.4. The molecule has 2 aromatic carbocycles. The summed E-state index contributed by atoms with van der Waals surface area (Å²) in [5.41, 5.74) is 2.02. The molecule has 1 heterocycles. The highest BCUT2D eigenvalue weighted by Gasteiger charge is 2.46. The highest BCUT2D eigenvalue weighted by molar-refractivity contribution is 7.88. The van der Waals surface area contributed by atoms with Crippen molar-refractivity contribution >= 4 is 21.9 Å². The maximum Gasteiger partial charge on any atom is 0.493 e. The van der Waals surface area contributed by atoms with Crippen LogP contribution in [0.3, 0.4) is 0 Å². The van der Waals surface area contributed by atoms with Gasteiger partial charge in [0.1, 0.15) is 17.7 Å². The number of rotatable bonds is 7. The third-order valence-electron chi connectivity index (χ3n) is 7.19. The molecule has 1 saturated heterocycles. The zero-order chi connectivity index (χ0) is 31.0. The lowest BCUT2D eigenvalue weighted by Gasteiger charge is -2.33. The summed E-state index contributed by atoms with van der Waals surface area (Å²) in [4.78, 5) is 30.2. The van der Waals surface area contributed by atoms with Gasteiger partial charge in [-0.3, -0.25) is 9.69 Å². The van der Waals surface area contributed by atoms with Crippen molar-refractivity contribution in [1.82, 2.24) is 9.37 Å². The second kappa shape index (κ2) is 11.8. The van der Waals surface area contributed by atoms with Gasteiger partial charge in [0.2, 0.25) is 0 Å². The number of benzene rings is 2. The summed E-state index contributed by atoms with van der Waals surface area (Å²) in [6.07, 6.45) is -2.54. The first kappa shape index (κ1) is 31.7. The van der Waals surface area contributed by atoms with Crippen molar-refractivity contribution in [2.24, 2.45) is 0 Å². The van der Waals surface area contributed by atoms with Gasteiger partial charge in [0.25, 0.3) is 10.0 Å². The van der Waals surface area contributed by atoms with Gasteiger partial charge < -0.3 is 9.57 Å². The quantitative estimate of drug-likeness (QED) is 0.302. The molecule has 0 unspecified atom stereocenters. The van der Waals surface area contributed by atoms with Gasteiger partial charge in [-0.25, -0.2) is 17.6 Å². The summed E-state index contributed by atoms with van der Waals surface area (Å²) in [5, 5.41) is 0. The van der Waals surface area contributed by atoms with E-state index in [0.29, 0.717) is 44.2 Å². The predicted molar refractivity (Wildman–Crippen MR) is 146 cm³/mol. The molecule has 2 aromatic rings. The monoisotopic (exact) mass is 614 g/mol. The first-order chi connectivity index (χ1) is 19.4. The lowest BCUT2D eigenvalue weighted by atomic mass is 9.86. The van der Waals surface area contributed by atoms with Gasteiger partial charge in [0.05, 0.1) is 11.8 Å². The van der Waals surface area contributed by atoms with Crippen LogP contribution >= 0.6 is 0 Å². The van der Waals surface area contributed by atoms with Crippen LogP contribution in [0.1, 0.15) is 79.4 Å². The number of hydrogen-bond acceptors (Lipinski definition) is 7. The minimum atomic E-state index is -5.58. The Morgan fingerprint density at radius 2 is 1.69 bits per heavy atom. The lowest BCUT2D eigenvalue weighted by Crippen LogP contribution is -2.42. The highest BCUT2D eigenvalue weighted by atomic mass is 32.2. The number of sulfonamides is 1. The van der Waals surface area contributed by atoms with E-state index in [1.807, 2.05) is 0 Å². The van der Waals surface area contributed by atoms with Gasteiger partial charge in [0, 0.05) is 19.2 Å². The molecule has 1 saturated carbocycles. The summed E-state index contributed by atoms with van der Waals surface area (Å²) in [5.74, 6) is -5.83. The molecule has 8 nitrogen and oxygen atoms in total. The molecule has 1 amide bonds. The molecule has 2 fully saturated rings. The Labute approximate surface area is 242 Å². The van der Waals surface area contributed by atoms with Gasteiger partial charge in [-0.05, 0) is 66.3 Å². The summed E-state index contributed by atoms with van der Waals surface area (Å²) < 4.78 is 82.8. The van der Waals surface area contributed by atoms with E-state index in [9.17, 15) is 31.2 Å². The second-order valence-corrected chi connectivity index (χ2v) is 13.7. The first-order valence-corrected chi connectivity index (χ1v) is 15.4. The van der Waals surface area contributed by atoms with Crippen LogP contribution in [0.15, 0.2) is 36.4 Å². The van der Waals surface area contributed by atoms with Crippen LogP contribution in [0, 0.1) is 5.82 Å². The Balaban J connectivity index is 1.51. The number of piperidine rings is 1. The van der Waals surface area contributed by atoms with Gasteiger partial charge in [-0.1, -0.05) is 49.5 Å². The fraction of sp³-hybridized carbons (Fsp3) is 0.517. The lowest BCUT2D eigenvalue weighted by molar-refractivity contribution is -0.216. The molecule has 4 rings (SSSR count). The minimum Gasteiger partial charge on any atom is -0.489 e. The summed E-state index contributed by atoms with van der Waals surface area (Å²) >= 11 is 0. The maximum atomic E-state index is 15.2. The number of amides is 1. The largest absolute Gasteiger partial charge is 0.493 e. The molecule has 0 spiro atoms. The summed E-state index contributed by atoms with van der Waals surface area (Å²) in [7, 11) is -4.84. The maximum absolute atomic E-state index is 15.2. The zero-order valence-electron chi connectivity index (χ0n) is 23.8. The summed E-state index contributed by atoms with van der Waals surface area (Å²) in [6, 6.07) is 10.5. The molecule has 0 bridgehead atoms. The van der Waals surface area contributed by atoms with Crippen molar-refractivity contribution in [2.45, 2.75) is 76.6 Å². The first-order valence-electron chi connectivity index (χ1n) is 13.6. The van der Waals surface area contributed by atoms with Crippen LogP contribution in [0.5, 0.6) is 5.75 Å². The zero-order valence-corrected chi connectivity index (χ0v) is 24.6. The average Bonchev–Trinajstić information content (AvgIpc) is 3.71. The van der Waals surface area contributed by atoms with Crippen LogP contribution in [-0.2, 0) is 31.6 Å². The third-order valence-corrected chi connectivity index (χ3v) is 8.04. The fourth-order valence-corrected chi connectivity index (χ4v) is 5.44. The number of nitrogens with zero attached hydrogens (tertiary/aromatic N) is 2. The van der Waals surface area contributed by atoms with Crippen molar-refractivity contribution in [3.8, 4) is 5.75 Å². The molecule has 1 aliphatic heterocycles. The summed E-state index contributed by atoms with van der Waals surface area (Å²) in [6.45, 7) is 8.60. The minimum absolute atomic E-state index is 0.0495. The van der Waals surface area contributed by atoms with Gasteiger partial charge >= 0.3 is 18.1 Å². The van der Waals surface area contributed by atoms with E-state index in [0.717, 1.165) is 30.7 Å². The van der Waals surface area contributed by atoms with Crippen molar-refractivity contribution in [1.29, 1.82) is 0 Å². The highest BCUT2D eigenvalue weighted by Crippen LogP contribution is 2.46. The topological polar surface area (TPSA) is 93.2 Å². The standard InChI is InChI=1S/C29H34F4N2O6S/c1-28(2,3)20-11-7-18(8-12-20)16-34-13-5-6-21(17-34)40-25-15-24(30)23(14-22(25)19-9-10-19)26(36)35(42(4,38)39)41-27(37)29(31,32)33/h7-8,11-12,14-15,19,21H,5-6,9-10,13,16-17H2,1-4H3/t21-/m1/s1. The Bertz CT molecular complexity index is 1430. The fourth-order valence-electron chi connectivity index (χ4n) is 4.84. The van der Waals surface area contributed by atoms with Gasteiger partial charge in [0.15, 0.2) is 0 Å². The molecule has 13 heteroatoms. The molecule has 1 atom stereocenters. The van der Waals surface area contributed by atoms with Crippen LogP contribution < -0.4 is 4.74 Å². The van der Waals surface area contributed by atoms with E-state index in [1.165, 1.54) is 5.56 Å². The third kappa shape index (κ3) is 7.80. The molecule has 42 heavy (non-hydrogen) atoms. The van der Waals surface area contributed by atoms with Gasteiger partial charge in [-0.15, -0.1) is 0 Å². The van der Waals surface area contributed by atoms with Gasteiger partial charge in [-0.2, -0.15) is 13.2 Å². The van der Waals surface area contributed by atoms with Crippen molar-refractivity contribution < 1.29 is 45.1 Å². The van der Waals surface area contributed by atoms with Crippen molar-refractivity contribution in [2.75, 3.05) is 19.3 Å².